The number of carbonyl (C=O) groups is 1. The van der Waals surface area contributed by atoms with Gasteiger partial charge in [0, 0.05) is 24.0 Å². The Bertz CT molecular complexity index is 695. The maximum absolute atomic E-state index is 12.2. The van der Waals surface area contributed by atoms with Gasteiger partial charge in [-0.15, -0.1) is 6.42 Å². The van der Waals surface area contributed by atoms with E-state index in [-0.39, 0.29) is 18.0 Å². The number of carbonyl (C=O) groups excluding carboxylic acids is 1. The molecule has 0 saturated heterocycles. The summed E-state index contributed by atoms with van der Waals surface area (Å²) < 4.78 is 0. The maximum atomic E-state index is 12.2. The molecule has 0 aliphatic carbocycles. The normalized spacial score (nSPS) is 10.0. The first-order chi connectivity index (χ1) is 8.63. The van der Waals surface area contributed by atoms with Gasteiger partial charge in [0.2, 0.25) is 5.56 Å². The number of amides is 1. The molecule has 1 amide bonds. The van der Waals surface area contributed by atoms with E-state index in [0.717, 1.165) is 0 Å². The standard InChI is InChI=1S/C14H12N2O2/c1-3-8-16(2)14(18)11-9-13(17)15-12-7-5-4-6-10(11)12/h1,4-7,9H,8H2,2H3,(H,15,17). The Morgan fingerprint density at radius 1 is 1.44 bits per heavy atom. The summed E-state index contributed by atoms with van der Waals surface area (Å²) in [4.78, 5) is 27.8. The van der Waals surface area contributed by atoms with Crippen molar-refractivity contribution in [3.05, 3.63) is 46.2 Å². The molecular formula is C14H12N2O2. The van der Waals surface area contributed by atoms with E-state index in [4.69, 9.17) is 6.42 Å². The molecule has 0 saturated carbocycles. The molecule has 1 aromatic carbocycles. The third-order valence-corrected chi connectivity index (χ3v) is 2.66. The number of hydrogen-bond acceptors (Lipinski definition) is 2. The van der Waals surface area contributed by atoms with Crippen LogP contribution < -0.4 is 5.56 Å². The topological polar surface area (TPSA) is 53.2 Å². The smallest absolute Gasteiger partial charge is 0.255 e. The third-order valence-electron chi connectivity index (χ3n) is 2.66. The summed E-state index contributed by atoms with van der Waals surface area (Å²) in [6.07, 6.45) is 5.18. The molecule has 4 nitrogen and oxygen atoms in total. The van der Waals surface area contributed by atoms with Gasteiger partial charge < -0.3 is 9.88 Å². The summed E-state index contributed by atoms with van der Waals surface area (Å²) in [6.45, 7) is 0.208. The van der Waals surface area contributed by atoms with Crippen molar-refractivity contribution in [3.8, 4) is 12.3 Å². The second kappa shape index (κ2) is 4.76. The van der Waals surface area contributed by atoms with Crippen molar-refractivity contribution in [2.75, 3.05) is 13.6 Å². The van der Waals surface area contributed by atoms with E-state index in [9.17, 15) is 9.59 Å². The second-order valence-electron chi connectivity index (χ2n) is 3.96. The van der Waals surface area contributed by atoms with Gasteiger partial charge in [-0.2, -0.15) is 0 Å². The molecule has 1 N–H and O–H groups in total. The van der Waals surface area contributed by atoms with Gasteiger partial charge in [-0.05, 0) is 6.07 Å². The van der Waals surface area contributed by atoms with E-state index in [1.54, 1.807) is 25.2 Å². The Balaban J connectivity index is 2.60. The number of terminal acetylenes is 1. The van der Waals surface area contributed by atoms with Crippen LogP contribution in [0.3, 0.4) is 0 Å². The van der Waals surface area contributed by atoms with Gasteiger partial charge in [-0.1, -0.05) is 24.1 Å². The molecule has 1 heterocycles. The number of nitrogens with one attached hydrogen (secondary N) is 1. The minimum absolute atomic E-state index is 0.208. The van der Waals surface area contributed by atoms with Crippen LogP contribution in [0.2, 0.25) is 0 Å². The Kier molecular flexibility index (Phi) is 3.16. The lowest BCUT2D eigenvalue weighted by Crippen LogP contribution is -2.28. The molecule has 0 aliphatic heterocycles. The summed E-state index contributed by atoms with van der Waals surface area (Å²) in [6, 6.07) is 8.48. The van der Waals surface area contributed by atoms with Crippen molar-refractivity contribution < 1.29 is 4.79 Å². The molecule has 2 rings (SSSR count). The van der Waals surface area contributed by atoms with Crippen LogP contribution in [0.4, 0.5) is 0 Å². The average Bonchev–Trinajstić information content (AvgIpc) is 2.37. The highest BCUT2D eigenvalue weighted by Crippen LogP contribution is 2.15. The number of H-pyrrole nitrogens is 1. The zero-order chi connectivity index (χ0) is 13.1. The van der Waals surface area contributed by atoms with Crippen LogP contribution >= 0.6 is 0 Å². The fourth-order valence-electron chi connectivity index (χ4n) is 1.80. The number of aromatic amines is 1. The van der Waals surface area contributed by atoms with Crippen LogP contribution in [0.1, 0.15) is 10.4 Å². The van der Waals surface area contributed by atoms with E-state index in [0.29, 0.717) is 16.5 Å². The van der Waals surface area contributed by atoms with Crippen LogP contribution in [0.5, 0.6) is 0 Å². The highest BCUT2D eigenvalue weighted by Gasteiger charge is 2.14. The summed E-state index contributed by atoms with van der Waals surface area (Å²) in [5.41, 5.74) is 0.709. The van der Waals surface area contributed by atoms with Crippen LogP contribution in [-0.2, 0) is 0 Å². The van der Waals surface area contributed by atoms with Gasteiger partial charge in [0.25, 0.3) is 5.91 Å². The first-order valence-corrected chi connectivity index (χ1v) is 5.44. The molecule has 0 spiro atoms. The summed E-state index contributed by atoms with van der Waals surface area (Å²) in [5.74, 6) is 2.15. The third kappa shape index (κ3) is 2.11. The predicted octanol–water partition coefficient (Wildman–Crippen LogP) is 1.23. The van der Waals surface area contributed by atoms with Crippen LogP contribution in [0.25, 0.3) is 10.9 Å². The molecule has 1 aromatic heterocycles. The number of fused-ring (bicyclic) bond motifs is 1. The van der Waals surface area contributed by atoms with Gasteiger partial charge in [-0.25, -0.2) is 0 Å². The zero-order valence-electron chi connectivity index (χ0n) is 9.93. The highest BCUT2D eigenvalue weighted by molar-refractivity contribution is 6.05. The van der Waals surface area contributed by atoms with Crippen molar-refractivity contribution in [3.63, 3.8) is 0 Å². The molecule has 0 bridgehead atoms. The lowest BCUT2D eigenvalue weighted by molar-refractivity contribution is 0.0814. The highest BCUT2D eigenvalue weighted by atomic mass is 16.2. The first-order valence-electron chi connectivity index (χ1n) is 5.44. The van der Waals surface area contributed by atoms with Gasteiger partial charge in [0.05, 0.1) is 12.1 Å². The van der Waals surface area contributed by atoms with Crippen LogP contribution in [0.15, 0.2) is 35.1 Å². The number of rotatable bonds is 2. The van der Waals surface area contributed by atoms with E-state index in [2.05, 4.69) is 10.9 Å². The minimum Gasteiger partial charge on any atom is -0.331 e. The van der Waals surface area contributed by atoms with Gasteiger partial charge in [0.15, 0.2) is 0 Å². The summed E-state index contributed by atoms with van der Waals surface area (Å²) >= 11 is 0. The van der Waals surface area contributed by atoms with E-state index in [1.165, 1.54) is 11.0 Å². The fourth-order valence-corrected chi connectivity index (χ4v) is 1.80. The van der Waals surface area contributed by atoms with Crippen LogP contribution in [0, 0.1) is 12.3 Å². The molecular weight excluding hydrogens is 228 g/mol. The Labute approximate surface area is 104 Å². The number of aromatic nitrogens is 1. The lowest BCUT2D eigenvalue weighted by atomic mass is 10.1. The van der Waals surface area contributed by atoms with Crippen molar-refractivity contribution in [2.24, 2.45) is 0 Å². The fraction of sp³-hybridized carbons (Fsp3) is 0.143. The molecule has 0 aliphatic rings. The van der Waals surface area contributed by atoms with Crippen molar-refractivity contribution >= 4 is 16.8 Å². The predicted molar refractivity (Wildman–Crippen MR) is 70.4 cm³/mol. The molecule has 0 radical (unpaired) electrons. The number of nitrogens with zero attached hydrogens (tertiary/aromatic N) is 1. The second-order valence-corrected chi connectivity index (χ2v) is 3.96. The van der Waals surface area contributed by atoms with Gasteiger partial charge in [-0.3, -0.25) is 9.59 Å². The summed E-state index contributed by atoms with van der Waals surface area (Å²) in [7, 11) is 1.61. The number of hydrogen-bond donors (Lipinski definition) is 1. The maximum Gasteiger partial charge on any atom is 0.255 e. The SMILES string of the molecule is C#CCN(C)C(=O)c1cc(=O)[nH]c2ccccc12. The van der Waals surface area contributed by atoms with E-state index in [1.807, 2.05) is 6.07 Å². The molecule has 0 atom stereocenters. The van der Waals surface area contributed by atoms with Gasteiger partial charge in [0.1, 0.15) is 0 Å². The van der Waals surface area contributed by atoms with E-state index < -0.39 is 0 Å². The van der Waals surface area contributed by atoms with E-state index >= 15 is 0 Å². The molecule has 18 heavy (non-hydrogen) atoms. The minimum atomic E-state index is -0.300. The number of benzene rings is 1. The van der Waals surface area contributed by atoms with Crippen molar-refractivity contribution in [2.45, 2.75) is 0 Å². The molecule has 90 valence electrons. The number of para-hydroxylation sites is 1. The monoisotopic (exact) mass is 240 g/mol. The average molecular weight is 240 g/mol. The molecule has 0 unspecified atom stereocenters. The number of pyridine rings is 1. The van der Waals surface area contributed by atoms with Crippen molar-refractivity contribution in [1.82, 2.24) is 9.88 Å². The first kappa shape index (κ1) is 11.9. The van der Waals surface area contributed by atoms with Crippen molar-refractivity contribution in [1.29, 1.82) is 0 Å². The Morgan fingerprint density at radius 2 is 2.17 bits per heavy atom. The quantitative estimate of drug-likeness (QED) is 0.803. The lowest BCUT2D eigenvalue weighted by Gasteiger charge is -2.14. The molecule has 2 aromatic rings. The molecule has 0 fully saturated rings. The molecule has 4 heteroatoms. The summed E-state index contributed by atoms with van der Waals surface area (Å²) in [5, 5.41) is 0.714. The van der Waals surface area contributed by atoms with Gasteiger partial charge >= 0.3 is 0 Å². The Morgan fingerprint density at radius 3 is 2.89 bits per heavy atom. The Hall–Kier alpha value is -2.54. The largest absolute Gasteiger partial charge is 0.331 e. The van der Waals surface area contributed by atoms with Crippen LogP contribution in [-0.4, -0.2) is 29.4 Å². The zero-order valence-corrected chi connectivity index (χ0v) is 9.93.